The SMILES string of the molecule is CCc1cccc(Oc2c(F)cccc2[C@@H](C)O)c1. The Labute approximate surface area is 112 Å². The summed E-state index contributed by atoms with van der Waals surface area (Å²) in [5.41, 5.74) is 1.56. The fourth-order valence-corrected chi connectivity index (χ4v) is 1.91. The van der Waals surface area contributed by atoms with Gasteiger partial charge >= 0.3 is 0 Å². The van der Waals surface area contributed by atoms with Crippen LogP contribution in [0.25, 0.3) is 0 Å². The molecule has 1 N–H and O–H groups in total. The van der Waals surface area contributed by atoms with Gasteiger partial charge < -0.3 is 9.84 Å². The zero-order chi connectivity index (χ0) is 13.8. The molecular formula is C16H17FO2. The molecule has 2 aromatic carbocycles. The van der Waals surface area contributed by atoms with E-state index in [1.54, 1.807) is 25.1 Å². The summed E-state index contributed by atoms with van der Waals surface area (Å²) in [4.78, 5) is 0. The molecule has 0 aliphatic rings. The monoisotopic (exact) mass is 260 g/mol. The molecular weight excluding hydrogens is 243 g/mol. The Kier molecular flexibility index (Phi) is 4.17. The fourth-order valence-electron chi connectivity index (χ4n) is 1.91. The third-order valence-electron chi connectivity index (χ3n) is 2.97. The number of halogens is 1. The molecule has 0 amide bonds. The van der Waals surface area contributed by atoms with Gasteiger partial charge in [-0.05, 0) is 37.1 Å². The number of hydrogen-bond donors (Lipinski definition) is 1. The maximum absolute atomic E-state index is 13.8. The number of hydrogen-bond acceptors (Lipinski definition) is 2. The van der Waals surface area contributed by atoms with Crippen LogP contribution in [0.1, 0.15) is 31.1 Å². The average molecular weight is 260 g/mol. The number of ether oxygens (including phenoxy) is 1. The van der Waals surface area contributed by atoms with E-state index in [2.05, 4.69) is 0 Å². The molecule has 0 bridgehead atoms. The van der Waals surface area contributed by atoms with E-state index in [9.17, 15) is 9.50 Å². The highest BCUT2D eigenvalue weighted by Crippen LogP contribution is 2.32. The van der Waals surface area contributed by atoms with Crippen molar-refractivity contribution in [2.45, 2.75) is 26.4 Å². The summed E-state index contributed by atoms with van der Waals surface area (Å²) in [6.45, 7) is 3.63. The van der Waals surface area contributed by atoms with Gasteiger partial charge in [-0.15, -0.1) is 0 Å². The van der Waals surface area contributed by atoms with Gasteiger partial charge in [0.15, 0.2) is 11.6 Å². The lowest BCUT2D eigenvalue weighted by Gasteiger charge is -2.14. The molecule has 0 aliphatic heterocycles. The van der Waals surface area contributed by atoms with Crippen molar-refractivity contribution >= 4 is 0 Å². The van der Waals surface area contributed by atoms with Crippen LogP contribution in [0.5, 0.6) is 11.5 Å². The van der Waals surface area contributed by atoms with Gasteiger partial charge in [-0.3, -0.25) is 0 Å². The van der Waals surface area contributed by atoms with Crippen LogP contribution in [0.3, 0.4) is 0 Å². The molecule has 19 heavy (non-hydrogen) atoms. The lowest BCUT2D eigenvalue weighted by molar-refractivity contribution is 0.194. The largest absolute Gasteiger partial charge is 0.454 e. The second-order valence-corrected chi connectivity index (χ2v) is 4.44. The lowest BCUT2D eigenvalue weighted by atomic mass is 10.1. The first-order valence-corrected chi connectivity index (χ1v) is 6.35. The molecule has 0 fully saturated rings. The highest BCUT2D eigenvalue weighted by molar-refractivity contribution is 5.41. The number of rotatable bonds is 4. The van der Waals surface area contributed by atoms with Crippen LogP contribution in [-0.4, -0.2) is 5.11 Å². The van der Waals surface area contributed by atoms with E-state index in [-0.39, 0.29) is 5.75 Å². The third-order valence-corrected chi connectivity index (χ3v) is 2.97. The molecule has 2 rings (SSSR count). The van der Waals surface area contributed by atoms with E-state index in [1.807, 2.05) is 25.1 Å². The highest BCUT2D eigenvalue weighted by atomic mass is 19.1. The summed E-state index contributed by atoms with van der Waals surface area (Å²) < 4.78 is 19.5. The summed E-state index contributed by atoms with van der Waals surface area (Å²) in [5.74, 6) is 0.192. The van der Waals surface area contributed by atoms with E-state index in [4.69, 9.17) is 4.74 Å². The molecule has 3 heteroatoms. The van der Waals surface area contributed by atoms with Crippen molar-refractivity contribution in [1.29, 1.82) is 0 Å². The van der Waals surface area contributed by atoms with Gasteiger partial charge in [0.1, 0.15) is 5.75 Å². The zero-order valence-corrected chi connectivity index (χ0v) is 11.1. The molecule has 2 nitrogen and oxygen atoms in total. The van der Waals surface area contributed by atoms with Crippen molar-refractivity contribution in [2.75, 3.05) is 0 Å². The van der Waals surface area contributed by atoms with Crippen LogP contribution in [-0.2, 0) is 6.42 Å². The second kappa shape index (κ2) is 5.85. The van der Waals surface area contributed by atoms with Crippen LogP contribution in [0.15, 0.2) is 42.5 Å². The molecule has 0 aromatic heterocycles. The van der Waals surface area contributed by atoms with Gasteiger partial charge in [-0.25, -0.2) is 4.39 Å². The van der Waals surface area contributed by atoms with E-state index < -0.39 is 11.9 Å². The molecule has 0 radical (unpaired) electrons. The van der Waals surface area contributed by atoms with E-state index >= 15 is 0 Å². The Morgan fingerprint density at radius 3 is 2.63 bits per heavy atom. The Bertz CT molecular complexity index is 564. The van der Waals surface area contributed by atoms with Crippen molar-refractivity contribution in [3.05, 3.63) is 59.4 Å². The Balaban J connectivity index is 2.37. The zero-order valence-electron chi connectivity index (χ0n) is 11.1. The minimum absolute atomic E-state index is 0.0887. The molecule has 0 unspecified atom stereocenters. The van der Waals surface area contributed by atoms with E-state index in [0.717, 1.165) is 12.0 Å². The molecule has 1 atom stereocenters. The number of para-hydroxylation sites is 1. The first-order valence-electron chi connectivity index (χ1n) is 6.35. The van der Waals surface area contributed by atoms with Crippen molar-refractivity contribution in [3.63, 3.8) is 0 Å². The van der Waals surface area contributed by atoms with Gasteiger partial charge in [0.25, 0.3) is 0 Å². The Morgan fingerprint density at radius 1 is 1.21 bits per heavy atom. The minimum Gasteiger partial charge on any atom is -0.454 e. The number of benzene rings is 2. The van der Waals surface area contributed by atoms with Gasteiger partial charge in [-0.2, -0.15) is 0 Å². The number of aliphatic hydroxyl groups is 1. The smallest absolute Gasteiger partial charge is 0.168 e. The predicted octanol–water partition coefficient (Wildman–Crippen LogP) is 4.23. The summed E-state index contributed by atoms with van der Waals surface area (Å²) in [6, 6.07) is 12.1. The fraction of sp³-hybridized carbons (Fsp3) is 0.250. The standard InChI is InChI=1S/C16H17FO2/c1-3-12-6-4-7-13(10-12)19-16-14(11(2)18)8-5-9-15(16)17/h4-11,18H,3H2,1-2H3/t11-/m1/s1. The van der Waals surface area contributed by atoms with Crippen LogP contribution in [0.4, 0.5) is 4.39 Å². The Morgan fingerprint density at radius 2 is 1.95 bits per heavy atom. The molecule has 0 saturated heterocycles. The van der Waals surface area contributed by atoms with Crippen molar-refractivity contribution in [2.24, 2.45) is 0 Å². The Hall–Kier alpha value is -1.87. The third kappa shape index (κ3) is 3.12. The van der Waals surface area contributed by atoms with E-state index in [0.29, 0.717) is 11.3 Å². The summed E-state index contributed by atoms with van der Waals surface area (Å²) >= 11 is 0. The number of aryl methyl sites for hydroxylation is 1. The molecule has 100 valence electrons. The van der Waals surface area contributed by atoms with Gasteiger partial charge in [0.2, 0.25) is 0 Å². The summed E-state index contributed by atoms with van der Waals surface area (Å²) in [6.07, 6.45) is 0.109. The van der Waals surface area contributed by atoms with Gasteiger partial charge in [0.05, 0.1) is 6.10 Å². The number of aliphatic hydroxyl groups excluding tert-OH is 1. The highest BCUT2D eigenvalue weighted by Gasteiger charge is 2.14. The molecule has 0 saturated carbocycles. The van der Waals surface area contributed by atoms with Gasteiger partial charge in [-0.1, -0.05) is 31.2 Å². The lowest BCUT2D eigenvalue weighted by Crippen LogP contribution is -1.99. The molecule has 2 aromatic rings. The normalized spacial score (nSPS) is 12.2. The maximum atomic E-state index is 13.8. The van der Waals surface area contributed by atoms with Crippen LogP contribution in [0, 0.1) is 5.82 Å². The van der Waals surface area contributed by atoms with Crippen molar-refractivity contribution in [1.82, 2.24) is 0 Å². The van der Waals surface area contributed by atoms with Crippen LogP contribution >= 0.6 is 0 Å². The maximum Gasteiger partial charge on any atom is 0.168 e. The molecule has 0 spiro atoms. The van der Waals surface area contributed by atoms with Gasteiger partial charge in [0, 0.05) is 5.56 Å². The van der Waals surface area contributed by atoms with Crippen molar-refractivity contribution in [3.8, 4) is 11.5 Å². The second-order valence-electron chi connectivity index (χ2n) is 4.44. The summed E-state index contributed by atoms with van der Waals surface area (Å²) in [5, 5.41) is 9.66. The summed E-state index contributed by atoms with van der Waals surface area (Å²) in [7, 11) is 0. The minimum atomic E-state index is -0.778. The quantitative estimate of drug-likeness (QED) is 0.891. The topological polar surface area (TPSA) is 29.5 Å². The van der Waals surface area contributed by atoms with Crippen LogP contribution < -0.4 is 4.74 Å². The average Bonchev–Trinajstić information content (AvgIpc) is 2.41. The molecule has 0 aliphatic carbocycles. The predicted molar refractivity (Wildman–Crippen MR) is 72.9 cm³/mol. The van der Waals surface area contributed by atoms with E-state index in [1.165, 1.54) is 6.07 Å². The van der Waals surface area contributed by atoms with Crippen LogP contribution in [0.2, 0.25) is 0 Å². The first kappa shape index (κ1) is 13.6. The molecule has 0 heterocycles. The first-order chi connectivity index (χ1) is 9.11. The van der Waals surface area contributed by atoms with Crippen molar-refractivity contribution < 1.29 is 14.2 Å².